The summed E-state index contributed by atoms with van der Waals surface area (Å²) in [6.07, 6.45) is 3.30. The molecule has 0 aliphatic carbocycles. The summed E-state index contributed by atoms with van der Waals surface area (Å²) in [6, 6.07) is 0.107. The molecule has 0 radical (unpaired) electrons. The molecule has 104 valence electrons. The van der Waals surface area contributed by atoms with Crippen molar-refractivity contribution in [1.82, 2.24) is 20.6 Å². The number of amides is 1. The van der Waals surface area contributed by atoms with Crippen LogP contribution in [0, 0.1) is 0 Å². The molecule has 1 aliphatic rings. The molecule has 2 heterocycles. The van der Waals surface area contributed by atoms with Crippen LogP contribution >= 0.6 is 0 Å². The lowest BCUT2D eigenvalue weighted by Crippen LogP contribution is -2.45. The Morgan fingerprint density at radius 2 is 2.05 bits per heavy atom. The van der Waals surface area contributed by atoms with Gasteiger partial charge in [-0.25, -0.2) is 9.97 Å². The van der Waals surface area contributed by atoms with E-state index in [1.165, 1.54) is 20.5 Å². The van der Waals surface area contributed by atoms with Gasteiger partial charge in [0.05, 0.1) is 14.2 Å². The molecule has 7 nitrogen and oxygen atoms in total. The highest BCUT2D eigenvalue weighted by Crippen LogP contribution is 2.23. The first-order valence-corrected chi connectivity index (χ1v) is 6.20. The summed E-state index contributed by atoms with van der Waals surface area (Å²) in [4.78, 5) is 20.2. The molecule has 2 rings (SSSR count). The van der Waals surface area contributed by atoms with Gasteiger partial charge >= 0.3 is 0 Å². The molecule has 19 heavy (non-hydrogen) atoms. The molecule has 1 aromatic heterocycles. The molecule has 1 atom stereocenters. The standard InChI is InChI=1S/C12H18N4O3/c1-18-11-9(12(19-2)15-7-14-11)10(17)16-8-4-3-5-13-6-8/h7-8,13H,3-6H2,1-2H3,(H,16,17). The number of aromatic nitrogens is 2. The fraction of sp³-hybridized carbons (Fsp3) is 0.583. The average molecular weight is 266 g/mol. The third-order valence-electron chi connectivity index (χ3n) is 3.02. The van der Waals surface area contributed by atoms with Gasteiger partial charge in [0.15, 0.2) is 5.56 Å². The van der Waals surface area contributed by atoms with Gasteiger partial charge in [0.2, 0.25) is 11.8 Å². The van der Waals surface area contributed by atoms with Crippen LogP contribution in [0.25, 0.3) is 0 Å². The van der Waals surface area contributed by atoms with Gasteiger partial charge in [-0.3, -0.25) is 4.79 Å². The van der Waals surface area contributed by atoms with E-state index in [4.69, 9.17) is 9.47 Å². The highest BCUT2D eigenvalue weighted by molar-refractivity contribution is 5.98. The predicted molar refractivity (Wildman–Crippen MR) is 68.5 cm³/mol. The van der Waals surface area contributed by atoms with Gasteiger partial charge < -0.3 is 20.1 Å². The molecule has 0 saturated carbocycles. The molecular formula is C12H18N4O3. The van der Waals surface area contributed by atoms with Crippen molar-refractivity contribution >= 4 is 5.91 Å². The number of ether oxygens (including phenoxy) is 2. The van der Waals surface area contributed by atoms with E-state index < -0.39 is 0 Å². The minimum Gasteiger partial charge on any atom is -0.480 e. The number of carbonyl (C=O) groups excluding carboxylic acids is 1. The van der Waals surface area contributed by atoms with Crippen LogP contribution in [0.2, 0.25) is 0 Å². The van der Waals surface area contributed by atoms with E-state index in [2.05, 4.69) is 20.6 Å². The third kappa shape index (κ3) is 3.11. The van der Waals surface area contributed by atoms with Gasteiger partial charge in [-0.2, -0.15) is 0 Å². The van der Waals surface area contributed by atoms with Crippen LogP contribution in [0.15, 0.2) is 6.33 Å². The second-order valence-corrected chi connectivity index (χ2v) is 4.28. The van der Waals surface area contributed by atoms with E-state index >= 15 is 0 Å². The molecule has 1 amide bonds. The van der Waals surface area contributed by atoms with Crippen LogP contribution in [0.3, 0.4) is 0 Å². The Balaban J connectivity index is 2.17. The van der Waals surface area contributed by atoms with Gasteiger partial charge in [-0.15, -0.1) is 0 Å². The van der Waals surface area contributed by atoms with Crippen molar-refractivity contribution in [3.63, 3.8) is 0 Å². The zero-order valence-corrected chi connectivity index (χ0v) is 11.1. The highest BCUT2D eigenvalue weighted by Gasteiger charge is 2.24. The first kappa shape index (κ1) is 13.5. The molecule has 0 bridgehead atoms. The van der Waals surface area contributed by atoms with Crippen LogP contribution in [0.1, 0.15) is 23.2 Å². The molecule has 1 saturated heterocycles. The molecular weight excluding hydrogens is 248 g/mol. The van der Waals surface area contributed by atoms with Crippen molar-refractivity contribution < 1.29 is 14.3 Å². The van der Waals surface area contributed by atoms with Gasteiger partial charge in [0.1, 0.15) is 6.33 Å². The topological polar surface area (TPSA) is 85.4 Å². The molecule has 1 aromatic rings. The maximum Gasteiger partial charge on any atom is 0.262 e. The average Bonchev–Trinajstić information content (AvgIpc) is 2.47. The van der Waals surface area contributed by atoms with E-state index in [9.17, 15) is 4.79 Å². The maximum atomic E-state index is 12.3. The molecule has 0 aromatic carbocycles. The molecule has 1 unspecified atom stereocenters. The van der Waals surface area contributed by atoms with E-state index in [-0.39, 0.29) is 29.3 Å². The Bertz CT molecular complexity index is 424. The molecule has 1 aliphatic heterocycles. The van der Waals surface area contributed by atoms with Crippen LogP contribution in [0.5, 0.6) is 11.8 Å². The lowest BCUT2D eigenvalue weighted by Gasteiger charge is -2.24. The number of carbonyl (C=O) groups is 1. The number of piperidine rings is 1. The van der Waals surface area contributed by atoms with Gasteiger partial charge in [0, 0.05) is 12.6 Å². The minimum absolute atomic E-state index is 0.107. The summed E-state index contributed by atoms with van der Waals surface area (Å²) in [5.41, 5.74) is 0.234. The fourth-order valence-electron chi connectivity index (χ4n) is 2.09. The lowest BCUT2D eigenvalue weighted by molar-refractivity contribution is 0.0922. The van der Waals surface area contributed by atoms with Crippen LogP contribution < -0.4 is 20.1 Å². The second-order valence-electron chi connectivity index (χ2n) is 4.28. The number of nitrogens with one attached hydrogen (secondary N) is 2. The van der Waals surface area contributed by atoms with Gasteiger partial charge in [-0.05, 0) is 19.4 Å². The van der Waals surface area contributed by atoms with Crippen molar-refractivity contribution in [2.75, 3.05) is 27.3 Å². The SMILES string of the molecule is COc1ncnc(OC)c1C(=O)NC1CCCNC1. The number of rotatable bonds is 4. The normalized spacial score (nSPS) is 18.7. The first-order valence-electron chi connectivity index (χ1n) is 6.20. The Hall–Kier alpha value is -1.89. The third-order valence-corrected chi connectivity index (χ3v) is 3.02. The summed E-state index contributed by atoms with van der Waals surface area (Å²) in [6.45, 7) is 1.76. The van der Waals surface area contributed by atoms with E-state index in [1.54, 1.807) is 0 Å². The van der Waals surface area contributed by atoms with Crippen molar-refractivity contribution in [3.8, 4) is 11.8 Å². The summed E-state index contributed by atoms with van der Waals surface area (Å²) in [7, 11) is 2.92. The Morgan fingerprint density at radius 3 is 2.58 bits per heavy atom. The quantitative estimate of drug-likeness (QED) is 0.796. The zero-order valence-electron chi connectivity index (χ0n) is 11.1. The molecule has 1 fully saturated rings. The highest BCUT2D eigenvalue weighted by atomic mass is 16.5. The summed E-state index contributed by atoms with van der Waals surface area (Å²) < 4.78 is 10.2. The predicted octanol–water partition coefficient (Wildman–Crippen LogP) is -0.0244. The van der Waals surface area contributed by atoms with E-state index in [1.807, 2.05) is 0 Å². The molecule has 2 N–H and O–H groups in total. The number of hydrogen-bond donors (Lipinski definition) is 2. The van der Waals surface area contributed by atoms with Crippen molar-refractivity contribution in [3.05, 3.63) is 11.9 Å². The minimum atomic E-state index is -0.275. The van der Waals surface area contributed by atoms with Crippen LogP contribution in [-0.4, -0.2) is 49.2 Å². The van der Waals surface area contributed by atoms with Crippen LogP contribution in [0.4, 0.5) is 0 Å². The smallest absolute Gasteiger partial charge is 0.262 e. The summed E-state index contributed by atoms with van der Waals surface area (Å²) >= 11 is 0. The second kappa shape index (κ2) is 6.33. The number of hydrogen-bond acceptors (Lipinski definition) is 6. The number of nitrogens with zero attached hydrogens (tertiary/aromatic N) is 2. The molecule has 0 spiro atoms. The van der Waals surface area contributed by atoms with Crippen LogP contribution in [-0.2, 0) is 0 Å². The summed E-state index contributed by atoms with van der Waals surface area (Å²) in [5, 5.41) is 6.18. The number of methoxy groups -OCH3 is 2. The Kier molecular flexibility index (Phi) is 4.51. The Labute approximate surface area is 111 Å². The van der Waals surface area contributed by atoms with E-state index in [0.717, 1.165) is 25.9 Å². The lowest BCUT2D eigenvalue weighted by atomic mass is 10.1. The van der Waals surface area contributed by atoms with Crippen molar-refractivity contribution in [1.29, 1.82) is 0 Å². The fourth-order valence-corrected chi connectivity index (χ4v) is 2.09. The Morgan fingerprint density at radius 1 is 1.37 bits per heavy atom. The molecule has 7 heteroatoms. The largest absolute Gasteiger partial charge is 0.480 e. The maximum absolute atomic E-state index is 12.3. The zero-order chi connectivity index (χ0) is 13.7. The van der Waals surface area contributed by atoms with Crippen molar-refractivity contribution in [2.24, 2.45) is 0 Å². The van der Waals surface area contributed by atoms with E-state index in [0.29, 0.717) is 0 Å². The van der Waals surface area contributed by atoms with Gasteiger partial charge in [-0.1, -0.05) is 0 Å². The van der Waals surface area contributed by atoms with Gasteiger partial charge in [0.25, 0.3) is 5.91 Å². The monoisotopic (exact) mass is 266 g/mol. The first-order chi connectivity index (χ1) is 9.26. The summed E-state index contributed by atoms with van der Waals surface area (Å²) in [5.74, 6) is 0.157. The van der Waals surface area contributed by atoms with Crippen molar-refractivity contribution in [2.45, 2.75) is 18.9 Å².